The summed E-state index contributed by atoms with van der Waals surface area (Å²) in [5.41, 5.74) is 2.00. The largest absolute Gasteiger partial charge is 0.325 e. The molecule has 1 aliphatic carbocycles. The second kappa shape index (κ2) is 7.59. The molecule has 21 heavy (non-hydrogen) atoms. The van der Waals surface area contributed by atoms with E-state index in [0.717, 1.165) is 23.7 Å². The van der Waals surface area contributed by atoms with E-state index >= 15 is 0 Å². The van der Waals surface area contributed by atoms with E-state index in [0.29, 0.717) is 6.54 Å². The highest BCUT2D eigenvalue weighted by Crippen LogP contribution is 2.28. The summed E-state index contributed by atoms with van der Waals surface area (Å²) in [6.07, 6.45) is 2.61. The van der Waals surface area contributed by atoms with Gasteiger partial charge in [-0.25, -0.2) is 0 Å². The first-order valence-corrected chi connectivity index (χ1v) is 7.84. The van der Waals surface area contributed by atoms with Gasteiger partial charge in [0.25, 0.3) is 0 Å². The van der Waals surface area contributed by atoms with Crippen molar-refractivity contribution in [2.24, 2.45) is 5.92 Å². The molecule has 1 heterocycles. The van der Waals surface area contributed by atoms with E-state index in [2.05, 4.69) is 28.1 Å². The third-order valence-electron chi connectivity index (χ3n) is 3.37. The molecular weight excluding hydrogens is 304 g/mol. The molecule has 0 atom stereocenters. The van der Waals surface area contributed by atoms with E-state index in [4.69, 9.17) is 0 Å². The Labute approximate surface area is 135 Å². The van der Waals surface area contributed by atoms with E-state index in [9.17, 15) is 4.79 Å². The molecule has 3 rings (SSSR count). The van der Waals surface area contributed by atoms with Crippen LogP contribution in [0.5, 0.6) is 0 Å². The fraction of sp³-hybridized carbons (Fsp3) is 0.312. The van der Waals surface area contributed by atoms with E-state index in [1.807, 2.05) is 24.3 Å². The number of anilines is 1. The zero-order valence-corrected chi connectivity index (χ0v) is 13.3. The van der Waals surface area contributed by atoms with Crippen molar-refractivity contribution in [2.75, 3.05) is 18.4 Å². The molecule has 1 aliphatic rings. The highest BCUT2D eigenvalue weighted by atomic mass is 35.5. The van der Waals surface area contributed by atoms with Crippen molar-refractivity contribution in [3.63, 3.8) is 0 Å². The van der Waals surface area contributed by atoms with Crippen molar-refractivity contribution >= 4 is 35.3 Å². The smallest absolute Gasteiger partial charge is 0.238 e. The zero-order chi connectivity index (χ0) is 13.8. The van der Waals surface area contributed by atoms with Crippen LogP contribution in [-0.4, -0.2) is 19.0 Å². The molecule has 1 amide bonds. The van der Waals surface area contributed by atoms with Crippen LogP contribution in [0.15, 0.2) is 41.8 Å². The quantitative estimate of drug-likeness (QED) is 0.850. The SMILES string of the molecule is Cl.O=C(CNCC1CC1)Nc1cccc(-c2cccs2)c1. The average molecular weight is 323 g/mol. The lowest BCUT2D eigenvalue weighted by Gasteiger charge is -2.07. The highest BCUT2D eigenvalue weighted by molar-refractivity contribution is 7.13. The molecule has 1 fully saturated rings. The van der Waals surface area contributed by atoms with Crippen LogP contribution in [0.1, 0.15) is 12.8 Å². The molecule has 2 N–H and O–H groups in total. The van der Waals surface area contributed by atoms with Gasteiger partial charge in [0.05, 0.1) is 6.54 Å². The summed E-state index contributed by atoms with van der Waals surface area (Å²) in [4.78, 5) is 13.1. The maximum Gasteiger partial charge on any atom is 0.238 e. The molecule has 0 bridgehead atoms. The molecule has 5 heteroatoms. The van der Waals surface area contributed by atoms with Crippen LogP contribution in [0.4, 0.5) is 5.69 Å². The molecule has 0 aliphatic heterocycles. The molecule has 3 nitrogen and oxygen atoms in total. The fourth-order valence-electron chi connectivity index (χ4n) is 2.11. The maximum atomic E-state index is 11.8. The first-order chi connectivity index (χ1) is 9.81. The number of thiophene rings is 1. The van der Waals surface area contributed by atoms with Gasteiger partial charge in [-0.1, -0.05) is 18.2 Å². The Morgan fingerprint density at radius 1 is 1.24 bits per heavy atom. The Morgan fingerprint density at radius 2 is 2.10 bits per heavy atom. The van der Waals surface area contributed by atoms with E-state index in [1.54, 1.807) is 11.3 Å². The summed E-state index contributed by atoms with van der Waals surface area (Å²) in [6.45, 7) is 1.35. The summed E-state index contributed by atoms with van der Waals surface area (Å²) in [7, 11) is 0. The van der Waals surface area contributed by atoms with Crippen LogP contribution in [-0.2, 0) is 4.79 Å². The lowest BCUT2D eigenvalue weighted by Crippen LogP contribution is -2.29. The molecule has 1 aromatic carbocycles. The second-order valence-electron chi connectivity index (χ2n) is 5.18. The van der Waals surface area contributed by atoms with Crippen molar-refractivity contribution in [2.45, 2.75) is 12.8 Å². The lowest BCUT2D eigenvalue weighted by molar-refractivity contribution is -0.115. The summed E-state index contributed by atoms with van der Waals surface area (Å²) < 4.78 is 0. The molecule has 0 saturated heterocycles. The Bertz CT molecular complexity index is 582. The number of carbonyl (C=O) groups is 1. The zero-order valence-electron chi connectivity index (χ0n) is 11.7. The van der Waals surface area contributed by atoms with Crippen molar-refractivity contribution in [3.05, 3.63) is 41.8 Å². The third kappa shape index (κ3) is 4.84. The topological polar surface area (TPSA) is 41.1 Å². The normalized spacial score (nSPS) is 13.5. The molecule has 1 saturated carbocycles. The minimum Gasteiger partial charge on any atom is -0.325 e. The molecule has 112 valence electrons. The highest BCUT2D eigenvalue weighted by Gasteiger charge is 2.20. The average Bonchev–Trinajstić information content (AvgIpc) is 3.10. The lowest BCUT2D eigenvalue weighted by atomic mass is 10.1. The number of hydrogen-bond donors (Lipinski definition) is 2. The van der Waals surface area contributed by atoms with Crippen LogP contribution < -0.4 is 10.6 Å². The van der Waals surface area contributed by atoms with Crippen LogP contribution >= 0.6 is 23.7 Å². The first kappa shape index (κ1) is 16.0. The Kier molecular flexibility index (Phi) is 5.79. The van der Waals surface area contributed by atoms with Gasteiger partial charge in [-0.3, -0.25) is 4.79 Å². The number of carbonyl (C=O) groups excluding carboxylic acids is 1. The van der Waals surface area contributed by atoms with Gasteiger partial charge in [0.1, 0.15) is 0 Å². The van der Waals surface area contributed by atoms with Gasteiger partial charge in [-0.2, -0.15) is 0 Å². The van der Waals surface area contributed by atoms with Gasteiger partial charge < -0.3 is 10.6 Å². The standard InChI is InChI=1S/C16H18N2OS.ClH/c19-16(11-17-10-12-6-7-12)18-14-4-1-3-13(9-14)15-5-2-8-20-15;/h1-5,8-9,12,17H,6-7,10-11H2,(H,18,19);1H. The van der Waals surface area contributed by atoms with Gasteiger partial charge >= 0.3 is 0 Å². The summed E-state index contributed by atoms with van der Waals surface area (Å²) in [5, 5.41) is 8.20. The molecule has 2 aromatic rings. The van der Waals surface area contributed by atoms with Crippen LogP contribution in [0.25, 0.3) is 10.4 Å². The molecule has 0 spiro atoms. The molecule has 1 aromatic heterocycles. The van der Waals surface area contributed by atoms with Crippen molar-refractivity contribution in [1.29, 1.82) is 0 Å². The molecule has 0 radical (unpaired) electrons. The number of amides is 1. The molecular formula is C16H19ClN2OS. The van der Waals surface area contributed by atoms with Gasteiger partial charge in [0.2, 0.25) is 5.91 Å². The minimum atomic E-state index is 0. The summed E-state index contributed by atoms with van der Waals surface area (Å²) >= 11 is 1.70. The van der Waals surface area contributed by atoms with Crippen LogP contribution in [0, 0.1) is 5.92 Å². The second-order valence-corrected chi connectivity index (χ2v) is 6.13. The van der Waals surface area contributed by atoms with E-state index in [1.165, 1.54) is 17.7 Å². The summed E-state index contributed by atoms with van der Waals surface area (Å²) in [6, 6.07) is 12.1. The fourth-order valence-corrected chi connectivity index (χ4v) is 2.83. The Balaban J connectivity index is 0.00000161. The van der Waals surface area contributed by atoms with Gasteiger partial charge in [0, 0.05) is 10.6 Å². The van der Waals surface area contributed by atoms with E-state index < -0.39 is 0 Å². The Morgan fingerprint density at radius 3 is 2.81 bits per heavy atom. The predicted molar refractivity (Wildman–Crippen MR) is 91.2 cm³/mol. The summed E-state index contributed by atoms with van der Waals surface area (Å²) in [5.74, 6) is 0.818. The van der Waals surface area contributed by atoms with Gasteiger partial charge in [-0.15, -0.1) is 23.7 Å². The monoisotopic (exact) mass is 322 g/mol. The van der Waals surface area contributed by atoms with Gasteiger partial charge in [0.15, 0.2) is 0 Å². The van der Waals surface area contributed by atoms with Crippen LogP contribution in [0.2, 0.25) is 0 Å². The van der Waals surface area contributed by atoms with Crippen molar-refractivity contribution in [3.8, 4) is 10.4 Å². The van der Waals surface area contributed by atoms with Crippen molar-refractivity contribution < 1.29 is 4.79 Å². The minimum absolute atomic E-state index is 0. The number of hydrogen-bond acceptors (Lipinski definition) is 3. The number of rotatable bonds is 6. The van der Waals surface area contributed by atoms with Gasteiger partial charge in [-0.05, 0) is 54.4 Å². The maximum absolute atomic E-state index is 11.8. The predicted octanol–water partition coefficient (Wildman–Crippen LogP) is 3.78. The Hall–Kier alpha value is -1.36. The number of benzene rings is 1. The first-order valence-electron chi connectivity index (χ1n) is 6.96. The third-order valence-corrected chi connectivity index (χ3v) is 4.29. The van der Waals surface area contributed by atoms with Crippen molar-refractivity contribution in [1.82, 2.24) is 5.32 Å². The number of nitrogens with one attached hydrogen (secondary N) is 2. The molecule has 0 unspecified atom stereocenters. The van der Waals surface area contributed by atoms with Crippen LogP contribution in [0.3, 0.4) is 0 Å². The number of halogens is 1. The van der Waals surface area contributed by atoms with E-state index in [-0.39, 0.29) is 18.3 Å².